The molecule has 0 saturated carbocycles. The first-order valence-corrected chi connectivity index (χ1v) is 8.93. The van der Waals surface area contributed by atoms with Crippen LogP contribution in [0.4, 0.5) is 0 Å². The number of esters is 1. The molecule has 1 N–H and O–H groups in total. The van der Waals surface area contributed by atoms with Crippen molar-refractivity contribution in [2.45, 2.75) is 47.1 Å². The fraction of sp³-hybridized carbons (Fsp3) is 0.529. The van der Waals surface area contributed by atoms with Gasteiger partial charge in [0.25, 0.3) is 5.56 Å². The molecule has 2 aromatic heterocycles. The van der Waals surface area contributed by atoms with Gasteiger partial charge in [-0.3, -0.25) is 14.2 Å². The topological polar surface area (TPSA) is 98.5 Å². The number of carboxylic acid groups (broad SMARTS) is 1. The van der Waals surface area contributed by atoms with Gasteiger partial charge in [-0.1, -0.05) is 13.8 Å². The number of hydrogen-bond acceptors (Lipinski definition) is 6. The number of hydrogen-bond donors (Lipinski definition) is 1. The third-order valence-electron chi connectivity index (χ3n) is 3.75. The van der Waals surface area contributed by atoms with E-state index in [-0.39, 0.29) is 24.4 Å². The third kappa shape index (κ3) is 4.25. The molecule has 0 aromatic carbocycles. The van der Waals surface area contributed by atoms with Crippen molar-refractivity contribution < 1.29 is 19.4 Å². The van der Waals surface area contributed by atoms with Crippen molar-refractivity contribution in [3.05, 3.63) is 26.6 Å². The molecule has 0 aliphatic rings. The van der Waals surface area contributed by atoms with Crippen LogP contribution in [0.1, 0.15) is 47.7 Å². The first kappa shape index (κ1) is 19.1. The Bertz CT molecular complexity index is 866. The quantitative estimate of drug-likeness (QED) is 0.757. The predicted octanol–water partition coefficient (Wildman–Crippen LogP) is 2.75. The van der Waals surface area contributed by atoms with Crippen molar-refractivity contribution in [2.24, 2.45) is 5.92 Å². The summed E-state index contributed by atoms with van der Waals surface area (Å²) in [7, 11) is 0. The Morgan fingerprint density at radius 3 is 2.60 bits per heavy atom. The summed E-state index contributed by atoms with van der Waals surface area (Å²) in [5.41, 5.74) is 0.322. The number of aliphatic carboxylic acids is 1. The number of fused-ring (bicyclic) bond motifs is 1. The zero-order valence-electron chi connectivity index (χ0n) is 14.8. The van der Waals surface area contributed by atoms with E-state index < -0.39 is 11.9 Å². The number of aromatic nitrogens is 2. The molecule has 7 nitrogen and oxygen atoms in total. The molecule has 2 heterocycles. The summed E-state index contributed by atoms with van der Waals surface area (Å²) >= 11 is 1.16. The van der Waals surface area contributed by atoms with Crippen molar-refractivity contribution >= 4 is 33.5 Å². The predicted molar refractivity (Wildman–Crippen MR) is 95.3 cm³/mol. The Labute approximate surface area is 149 Å². The largest absolute Gasteiger partial charge is 0.481 e. The van der Waals surface area contributed by atoms with Crippen LogP contribution in [-0.2, 0) is 16.1 Å². The summed E-state index contributed by atoms with van der Waals surface area (Å²) in [6, 6.07) is 0. The first-order chi connectivity index (χ1) is 11.7. The minimum atomic E-state index is -0.901. The summed E-state index contributed by atoms with van der Waals surface area (Å²) in [6.45, 7) is 7.91. The summed E-state index contributed by atoms with van der Waals surface area (Å²) in [5, 5.41) is 9.15. The number of carbonyl (C=O) groups is 2. The molecule has 8 heteroatoms. The lowest BCUT2D eigenvalue weighted by Gasteiger charge is -2.08. The second-order valence-electron chi connectivity index (χ2n) is 6.34. The average Bonchev–Trinajstić information content (AvgIpc) is 2.84. The van der Waals surface area contributed by atoms with Gasteiger partial charge < -0.3 is 9.84 Å². The normalized spacial score (nSPS) is 11.2. The highest BCUT2D eigenvalue weighted by atomic mass is 32.1. The molecule has 0 aliphatic heterocycles. The van der Waals surface area contributed by atoms with Gasteiger partial charge in [0.05, 0.1) is 12.0 Å². The number of ether oxygens (including phenoxy) is 1. The molecule has 0 spiro atoms. The van der Waals surface area contributed by atoms with Crippen LogP contribution in [0.2, 0.25) is 0 Å². The molecule has 0 atom stereocenters. The number of carbonyl (C=O) groups excluding carboxylic acids is 1. The number of thiophene rings is 1. The maximum atomic E-state index is 12.8. The number of aryl methyl sites for hydroxylation is 2. The van der Waals surface area contributed by atoms with Crippen molar-refractivity contribution in [3.63, 3.8) is 0 Å². The molecular weight excluding hydrogens is 344 g/mol. The van der Waals surface area contributed by atoms with Crippen LogP contribution >= 0.6 is 11.3 Å². The van der Waals surface area contributed by atoms with Crippen molar-refractivity contribution in [1.82, 2.24) is 9.55 Å². The molecular formula is C17H22N2O5S. The molecule has 2 aromatic rings. The van der Waals surface area contributed by atoms with Crippen molar-refractivity contribution in [2.75, 3.05) is 6.61 Å². The van der Waals surface area contributed by atoms with Gasteiger partial charge in [-0.2, -0.15) is 0 Å². The molecule has 0 radical (unpaired) electrons. The molecule has 2 rings (SSSR count). The Balaban J connectivity index is 2.40. The Morgan fingerprint density at radius 2 is 2.00 bits per heavy atom. The van der Waals surface area contributed by atoms with Crippen LogP contribution < -0.4 is 5.56 Å². The fourth-order valence-electron chi connectivity index (χ4n) is 2.47. The maximum absolute atomic E-state index is 12.8. The highest BCUT2D eigenvalue weighted by molar-refractivity contribution is 7.20. The second-order valence-corrected chi connectivity index (χ2v) is 7.34. The lowest BCUT2D eigenvalue weighted by atomic mass is 10.2. The summed E-state index contributed by atoms with van der Waals surface area (Å²) < 4.78 is 6.73. The van der Waals surface area contributed by atoms with E-state index in [0.29, 0.717) is 39.5 Å². The molecule has 0 fully saturated rings. The van der Waals surface area contributed by atoms with Gasteiger partial charge in [-0.25, -0.2) is 9.78 Å². The number of nitrogens with zero attached hydrogens (tertiary/aromatic N) is 2. The second kappa shape index (κ2) is 7.77. The zero-order chi connectivity index (χ0) is 18.7. The van der Waals surface area contributed by atoms with Crippen molar-refractivity contribution in [3.8, 4) is 0 Å². The average molecular weight is 366 g/mol. The standard InChI is InChI=1S/C17H22N2O5S/c1-9(2)8-24-17(23)14-10(3)13-15(25-14)18-11(4)19(16(13)22)7-5-6-12(20)21/h9H,5-8H2,1-4H3,(H,20,21). The first-order valence-electron chi connectivity index (χ1n) is 8.11. The van der Waals surface area contributed by atoms with E-state index in [4.69, 9.17) is 9.84 Å². The Hall–Kier alpha value is -2.22. The van der Waals surface area contributed by atoms with E-state index >= 15 is 0 Å². The molecule has 0 amide bonds. The smallest absolute Gasteiger partial charge is 0.348 e. The van der Waals surface area contributed by atoms with Gasteiger partial charge in [0.2, 0.25) is 0 Å². The molecule has 136 valence electrons. The van der Waals surface area contributed by atoms with Gasteiger partial charge >= 0.3 is 11.9 Å². The summed E-state index contributed by atoms with van der Waals surface area (Å²) in [6.07, 6.45) is 0.328. The third-order valence-corrected chi connectivity index (χ3v) is 4.91. The molecule has 0 bridgehead atoms. The fourth-order valence-corrected chi connectivity index (χ4v) is 3.58. The van der Waals surface area contributed by atoms with E-state index in [1.165, 1.54) is 4.57 Å². The van der Waals surface area contributed by atoms with Crippen LogP contribution in [0, 0.1) is 19.8 Å². The number of rotatable bonds is 7. The van der Waals surface area contributed by atoms with E-state index in [2.05, 4.69) is 4.98 Å². The van der Waals surface area contributed by atoms with Crippen LogP contribution in [0.25, 0.3) is 10.2 Å². The van der Waals surface area contributed by atoms with Gasteiger partial charge in [-0.15, -0.1) is 11.3 Å². The summed E-state index contributed by atoms with van der Waals surface area (Å²) in [5.74, 6) is -0.609. The zero-order valence-corrected chi connectivity index (χ0v) is 15.6. The minimum absolute atomic E-state index is 0.0146. The number of carboxylic acids is 1. The molecule has 0 unspecified atom stereocenters. The maximum Gasteiger partial charge on any atom is 0.348 e. The molecule has 0 saturated heterocycles. The van der Waals surface area contributed by atoms with Crippen LogP contribution in [-0.4, -0.2) is 33.2 Å². The monoisotopic (exact) mass is 366 g/mol. The van der Waals surface area contributed by atoms with Gasteiger partial charge in [-0.05, 0) is 31.7 Å². The lowest BCUT2D eigenvalue weighted by Crippen LogP contribution is -2.24. The van der Waals surface area contributed by atoms with Gasteiger partial charge in [0.1, 0.15) is 15.5 Å². The van der Waals surface area contributed by atoms with E-state index in [0.717, 1.165) is 11.3 Å². The minimum Gasteiger partial charge on any atom is -0.481 e. The Kier molecular flexibility index (Phi) is 5.94. The highest BCUT2D eigenvalue weighted by Crippen LogP contribution is 2.28. The lowest BCUT2D eigenvalue weighted by molar-refractivity contribution is -0.137. The Morgan fingerprint density at radius 1 is 1.32 bits per heavy atom. The van der Waals surface area contributed by atoms with E-state index in [1.807, 2.05) is 13.8 Å². The van der Waals surface area contributed by atoms with Crippen LogP contribution in [0.15, 0.2) is 4.79 Å². The SMILES string of the molecule is Cc1c(C(=O)OCC(C)C)sc2nc(C)n(CCCC(=O)O)c(=O)c12. The summed E-state index contributed by atoms with van der Waals surface area (Å²) in [4.78, 5) is 41.0. The van der Waals surface area contributed by atoms with E-state index in [1.54, 1.807) is 13.8 Å². The van der Waals surface area contributed by atoms with Gasteiger partial charge in [0, 0.05) is 13.0 Å². The van der Waals surface area contributed by atoms with Crippen LogP contribution in [0.5, 0.6) is 0 Å². The highest BCUT2D eigenvalue weighted by Gasteiger charge is 2.21. The van der Waals surface area contributed by atoms with Crippen LogP contribution in [0.3, 0.4) is 0 Å². The van der Waals surface area contributed by atoms with Gasteiger partial charge in [0.15, 0.2) is 0 Å². The van der Waals surface area contributed by atoms with Crippen molar-refractivity contribution in [1.29, 1.82) is 0 Å². The van der Waals surface area contributed by atoms with E-state index in [9.17, 15) is 14.4 Å². The molecule has 25 heavy (non-hydrogen) atoms. The molecule has 0 aliphatic carbocycles.